The number of aromatic nitrogens is 1. The molecule has 0 radical (unpaired) electrons. The van der Waals surface area contributed by atoms with Crippen LogP contribution < -0.4 is 4.90 Å². The summed E-state index contributed by atoms with van der Waals surface area (Å²) in [6.45, 7) is 4.22. The molecule has 1 unspecified atom stereocenters. The fourth-order valence-corrected chi connectivity index (χ4v) is 3.32. The number of anilines is 1. The number of nitrogens with zero attached hydrogens (tertiary/aromatic N) is 3. The Morgan fingerprint density at radius 1 is 1.45 bits per heavy atom. The van der Waals surface area contributed by atoms with Crippen molar-refractivity contribution in [3.63, 3.8) is 0 Å². The largest absolute Gasteiger partial charge is 0.388 e. The van der Waals surface area contributed by atoms with Gasteiger partial charge >= 0.3 is 0 Å². The highest BCUT2D eigenvalue weighted by molar-refractivity contribution is 5.38. The van der Waals surface area contributed by atoms with Gasteiger partial charge in [-0.15, -0.1) is 0 Å². The minimum Gasteiger partial charge on any atom is -0.388 e. The molecule has 5 nitrogen and oxygen atoms in total. The van der Waals surface area contributed by atoms with Gasteiger partial charge in [0.05, 0.1) is 12.2 Å². The summed E-state index contributed by atoms with van der Waals surface area (Å²) in [5, 5.41) is 10.6. The molecule has 3 rings (SSSR count). The molecule has 1 atom stereocenters. The summed E-state index contributed by atoms with van der Waals surface area (Å²) in [4.78, 5) is 8.98. The van der Waals surface area contributed by atoms with Crippen molar-refractivity contribution in [3.05, 3.63) is 23.9 Å². The molecule has 2 fully saturated rings. The summed E-state index contributed by atoms with van der Waals surface area (Å²) in [5.74, 6) is 1.52. The molecule has 2 heterocycles. The first-order valence-electron chi connectivity index (χ1n) is 8.20. The fourth-order valence-electron chi connectivity index (χ4n) is 3.32. The van der Waals surface area contributed by atoms with E-state index in [0.29, 0.717) is 12.5 Å². The van der Waals surface area contributed by atoms with E-state index in [1.807, 2.05) is 13.2 Å². The summed E-state index contributed by atoms with van der Waals surface area (Å²) in [7, 11) is 3.74. The number of methoxy groups -OCH3 is 1. The van der Waals surface area contributed by atoms with Crippen molar-refractivity contribution in [2.45, 2.75) is 31.4 Å². The van der Waals surface area contributed by atoms with Gasteiger partial charge in [0.2, 0.25) is 0 Å². The van der Waals surface area contributed by atoms with Crippen LogP contribution >= 0.6 is 0 Å². The van der Waals surface area contributed by atoms with Crippen molar-refractivity contribution in [1.82, 2.24) is 9.88 Å². The van der Waals surface area contributed by atoms with Gasteiger partial charge < -0.3 is 14.7 Å². The maximum atomic E-state index is 10.6. The van der Waals surface area contributed by atoms with Crippen LogP contribution in [0.3, 0.4) is 0 Å². The van der Waals surface area contributed by atoms with Crippen LogP contribution in [0.15, 0.2) is 18.3 Å². The minimum absolute atomic E-state index is 0.423. The van der Waals surface area contributed by atoms with E-state index in [2.05, 4.69) is 26.9 Å². The van der Waals surface area contributed by atoms with E-state index >= 15 is 0 Å². The van der Waals surface area contributed by atoms with E-state index in [1.165, 1.54) is 18.4 Å². The first-order valence-corrected chi connectivity index (χ1v) is 8.20. The van der Waals surface area contributed by atoms with Gasteiger partial charge in [0.25, 0.3) is 0 Å². The molecule has 122 valence electrons. The van der Waals surface area contributed by atoms with Gasteiger partial charge in [-0.3, -0.25) is 4.90 Å². The maximum absolute atomic E-state index is 10.6. The number of likely N-dealkylation sites (N-methyl/N-ethyl adjacent to an activating group) is 1. The van der Waals surface area contributed by atoms with Crippen molar-refractivity contribution >= 4 is 5.82 Å². The summed E-state index contributed by atoms with van der Waals surface area (Å²) in [6.07, 6.45) is 5.28. The van der Waals surface area contributed by atoms with Crippen molar-refractivity contribution in [1.29, 1.82) is 0 Å². The Hall–Kier alpha value is -1.17. The average Bonchev–Trinajstić information content (AvgIpc) is 3.31. The third-order valence-corrected chi connectivity index (χ3v) is 4.93. The molecule has 0 bridgehead atoms. The molecule has 22 heavy (non-hydrogen) atoms. The summed E-state index contributed by atoms with van der Waals surface area (Å²) >= 11 is 0. The number of β-amino-alcohol motifs (C(OH)–C–C–N with tert-alkyl or cyclic N) is 1. The standard InChI is InChI=1S/C17H27N3O2/c1-19(9-10-22-2)16-6-3-14(11-18-16)12-20-8-7-17(21,13-20)15-4-5-15/h3,6,11,15,21H,4-5,7-10,12-13H2,1-2H3. The van der Waals surface area contributed by atoms with Gasteiger partial charge in [0.15, 0.2) is 0 Å². The Kier molecular flexibility index (Phi) is 4.66. The monoisotopic (exact) mass is 305 g/mol. The zero-order valence-corrected chi connectivity index (χ0v) is 13.7. The zero-order valence-electron chi connectivity index (χ0n) is 13.7. The highest BCUT2D eigenvalue weighted by atomic mass is 16.5. The van der Waals surface area contributed by atoms with Crippen molar-refractivity contribution in [2.75, 3.05) is 45.3 Å². The molecule has 1 aromatic heterocycles. The first kappa shape index (κ1) is 15.7. The lowest BCUT2D eigenvalue weighted by Crippen LogP contribution is -2.35. The molecule has 1 aliphatic carbocycles. The molecule has 1 aliphatic heterocycles. The highest BCUT2D eigenvalue weighted by Gasteiger charge is 2.47. The lowest BCUT2D eigenvalue weighted by atomic mass is 9.97. The van der Waals surface area contributed by atoms with Gasteiger partial charge in [-0.1, -0.05) is 6.07 Å². The predicted octanol–water partition coefficient (Wildman–Crippen LogP) is 1.51. The average molecular weight is 305 g/mol. The van der Waals surface area contributed by atoms with Crippen LogP contribution in [0.2, 0.25) is 0 Å². The van der Waals surface area contributed by atoms with E-state index in [4.69, 9.17) is 4.74 Å². The van der Waals surface area contributed by atoms with Crippen LogP contribution in [0.5, 0.6) is 0 Å². The molecule has 2 aliphatic rings. The van der Waals surface area contributed by atoms with E-state index in [1.54, 1.807) is 7.11 Å². The quantitative estimate of drug-likeness (QED) is 0.827. The summed E-state index contributed by atoms with van der Waals surface area (Å²) in [6, 6.07) is 4.20. The van der Waals surface area contributed by atoms with Crippen LogP contribution in [-0.2, 0) is 11.3 Å². The first-order chi connectivity index (χ1) is 10.6. The normalized spacial score (nSPS) is 25.6. The Morgan fingerprint density at radius 2 is 2.27 bits per heavy atom. The number of likely N-dealkylation sites (tertiary alicyclic amines) is 1. The molecular weight excluding hydrogens is 278 g/mol. The summed E-state index contributed by atoms with van der Waals surface area (Å²) < 4.78 is 5.09. The third-order valence-electron chi connectivity index (χ3n) is 4.93. The molecule has 0 aromatic carbocycles. The predicted molar refractivity (Wildman–Crippen MR) is 87.0 cm³/mol. The number of ether oxygens (including phenoxy) is 1. The van der Waals surface area contributed by atoms with E-state index in [9.17, 15) is 5.11 Å². The molecule has 1 saturated heterocycles. The van der Waals surface area contributed by atoms with Gasteiger partial charge in [0, 0.05) is 46.5 Å². The van der Waals surface area contributed by atoms with Crippen molar-refractivity contribution in [2.24, 2.45) is 5.92 Å². The molecule has 5 heteroatoms. The van der Waals surface area contributed by atoms with Crippen LogP contribution in [0.1, 0.15) is 24.8 Å². The molecule has 1 aromatic rings. The second-order valence-corrected chi connectivity index (χ2v) is 6.78. The Morgan fingerprint density at radius 3 is 2.91 bits per heavy atom. The van der Waals surface area contributed by atoms with Crippen LogP contribution in [0.4, 0.5) is 5.82 Å². The smallest absolute Gasteiger partial charge is 0.128 e. The van der Waals surface area contributed by atoms with E-state index < -0.39 is 5.60 Å². The molecule has 1 saturated carbocycles. The number of hydrogen-bond acceptors (Lipinski definition) is 5. The molecule has 0 spiro atoms. The number of hydrogen-bond donors (Lipinski definition) is 1. The summed E-state index contributed by atoms with van der Waals surface area (Å²) in [5.41, 5.74) is 0.789. The topological polar surface area (TPSA) is 48.8 Å². The Balaban J connectivity index is 1.53. The van der Waals surface area contributed by atoms with Crippen molar-refractivity contribution in [3.8, 4) is 0 Å². The molecule has 0 amide bonds. The van der Waals surface area contributed by atoms with Crippen LogP contribution in [0.25, 0.3) is 0 Å². The Bertz CT molecular complexity index is 489. The number of rotatable bonds is 7. The van der Waals surface area contributed by atoms with Crippen LogP contribution in [-0.4, -0.2) is 61.0 Å². The minimum atomic E-state index is -0.423. The van der Waals surface area contributed by atoms with Crippen molar-refractivity contribution < 1.29 is 9.84 Å². The second-order valence-electron chi connectivity index (χ2n) is 6.78. The van der Waals surface area contributed by atoms with Gasteiger partial charge in [-0.05, 0) is 36.8 Å². The SMILES string of the molecule is COCCN(C)c1ccc(CN2CCC(O)(C3CC3)C2)cn1. The fraction of sp³-hybridized carbons (Fsp3) is 0.706. The lowest BCUT2D eigenvalue weighted by Gasteiger charge is -2.23. The van der Waals surface area contributed by atoms with Crippen LogP contribution in [0, 0.1) is 5.92 Å². The highest BCUT2D eigenvalue weighted by Crippen LogP contribution is 2.44. The van der Waals surface area contributed by atoms with Gasteiger partial charge in [-0.2, -0.15) is 0 Å². The second kappa shape index (κ2) is 6.52. The van der Waals surface area contributed by atoms with E-state index in [0.717, 1.165) is 38.4 Å². The molecular formula is C17H27N3O2. The van der Waals surface area contributed by atoms with Gasteiger partial charge in [0.1, 0.15) is 5.82 Å². The third kappa shape index (κ3) is 3.59. The lowest BCUT2D eigenvalue weighted by molar-refractivity contribution is 0.0263. The number of aliphatic hydroxyl groups is 1. The zero-order chi connectivity index (χ0) is 15.6. The molecule has 1 N–H and O–H groups in total. The number of pyridine rings is 1. The van der Waals surface area contributed by atoms with Gasteiger partial charge in [-0.25, -0.2) is 4.98 Å². The van der Waals surface area contributed by atoms with E-state index in [-0.39, 0.29) is 0 Å². The maximum Gasteiger partial charge on any atom is 0.128 e. The Labute approximate surface area is 132 Å².